The van der Waals surface area contributed by atoms with Gasteiger partial charge in [0, 0.05) is 44.1 Å². The van der Waals surface area contributed by atoms with E-state index in [1.54, 1.807) is 0 Å². The van der Waals surface area contributed by atoms with E-state index in [0.717, 1.165) is 0 Å². The predicted octanol–water partition coefficient (Wildman–Crippen LogP) is 13.8. The molecule has 3 heteroatoms. The maximum atomic E-state index is 2.72. The molecule has 0 saturated heterocycles. The first-order valence-corrected chi connectivity index (χ1v) is 24.1. The van der Waals surface area contributed by atoms with Gasteiger partial charge in [-0.05, 0) is 106 Å². The normalized spacial score (nSPS) is 14.8. The summed E-state index contributed by atoms with van der Waals surface area (Å²) in [5.41, 5.74) is 27.7. The van der Waals surface area contributed by atoms with Gasteiger partial charge in [-0.3, -0.25) is 0 Å². The molecule has 1 aliphatic carbocycles. The average Bonchev–Trinajstić information content (AvgIpc) is 3.94. The molecule has 8 aromatic carbocycles. The van der Waals surface area contributed by atoms with Crippen LogP contribution >= 0.6 is 0 Å². The maximum Gasteiger partial charge on any atom is 0.252 e. The molecule has 0 fully saturated rings. The van der Waals surface area contributed by atoms with Gasteiger partial charge in [-0.2, -0.15) is 0 Å². The summed E-state index contributed by atoms with van der Waals surface area (Å²) in [7, 11) is 0. The summed E-state index contributed by atoms with van der Waals surface area (Å²) >= 11 is 0. The van der Waals surface area contributed by atoms with Crippen LogP contribution in [0.2, 0.25) is 0 Å². The molecule has 0 radical (unpaired) electrons. The van der Waals surface area contributed by atoms with Gasteiger partial charge in [0.2, 0.25) is 0 Å². The Morgan fingerprint density at radius 1 is 0.409 bits per heavy atom. The van der Waals surface area contributed by atoms with E-state index >= 15 is 0 Å². The molecule has 0 bridgehead atoms. The topological polar surface area (TPSA) is 9.86 Å². The van der Waals surface area contributed by atoms with Crippen molar-refractivity contribution in [2.75, 3.05) is 0 Å². The molecule has 0 amide bonds. The maximum absolute atomic E-state index is 2.72. The van der Waals surface area contributed by atoms with Gasteiger partial charge in [0.1, 0.15) is 0 Å². The summed E-state index contributed by atoms with van der Waals surface area (Å²) in [4.78, 5) is 0. The average molecular weight is 849 g/mol. The number of para-hydroxylation sites is 2. The first-order chi connectivity index (χ1) is 31.7. The van der Waals surface area contributed by atoms with Crippen LogP contribution in [-0.2, 0) is 21.7 Å². The lowest BCUT2D eigenvalue weighted by molar-refractivity contribution is 0.590. The van der Waals surface area contributed by atoms with Crippen LogP contribution in [0.25, 0.3) is 77.6 Å². The van der Waals surface area contributed by atoms with Crippen LogP contribution in [-0.4, -0.2) is 15.8 Å². The minimum Gasteiger partial charge on any atom is -0.310 e. The quantitative estimate of drug-likeness (QED) is 0.153. The van der Waals surface area contributed by atoms with Crippen LogP contribution in [0.4, 0.5) is 0 Å². The van der Waals surface area contributed by atoms with Crippen LogP contribution in [0.5, 0.6) is 0 Å². The van der Waals surface area contributed by atoms with E-state index in [-0.39, 0.29) is 23.0 Å². The van der Waals surface area contributed by atoms with Crippen LogP contribution in [0, 0.1) is 0 Å². The molecule has 4 aliphatic rings. The van der Waals surface area contributed by atoms with E-state index in [9.17, 15) is 0 Å². The molecule has 0 N–H and O–H groups in total. The summed E-state index contributed by atoms with van der Waals surface area (Å²) in [6, 6.07) is 62.1. The van der Waals surface area contributed by atoms with Gasteiger partial charge in [0.05, 0.1) is 16.6 Å². The van der Waals surface area contributed by atoms with Gasteiger partial charge in [0.25, 0.3) is 6.71 Å². The number of nitrogens with zero attached hydrogens (tertiary/aromatic N) is 2. The highest BCUT2D eigenvalue weighted by Gasteiger charge is 2.54. The summed E-state index contributed by atoms with van der Waals surface area (Å²) in [5, 5.41) is 4.00. The lowest BCUT2D eigenvalue weighted by Crippen LogP contribution is -2.60. The Hall–Kier alpha value is -6.84. The second kappa shape index (κ2) is 12.3. The van der Waals surface area contributed by atoms with E-state index in [0.29, 0.717) is 0 Å². The second-order valence-corrected chi connectivity index (χ2v) is 22.9. The fourth-order valence-electron chi connectivity index (χ4n) is 13.1. The fourth-order valence-corrected chi connectivity index (χ4v) is 13.1. The smallest absolute Gasteiger partial charge is 0.252 e. The van der Waals surface area contributed by atoms with Crippen molar-refractivity contribution in [1.29, 1.82) is 0 Å². The Morgan fingerprint density at radius 2 is 0.955 bits per heavy atom. The Bertz CT molecular complexity index is 3750. The summed E-state index contributed by atoms with van der Waals surface area (Å²) < 4.78 is 5.43. The number of hydrogen-bond acceptors (Lipinski definition) is 0. The molecular weight excluding hydrogens is 796 g/mol. The highest BCUT2D eigenvalue weighted by Crippen LogP contribution is 2.61. The van der Waals surface area contributed by atoms with Crippen LogP contribution < -0.4 is 16.4 Å². The molecule has 0 unspecified atom stereocenters. The minimum atomic E-state index is -0.491. The zero-order chi connectivity index (χ0) is 45.0. The minimum absolute atomic E-state index is 0.0281. The van der Waals surface area contributed by atoms with Gasteiger partial charge in [-0.1, -0.05) is 208 Å². The van der Waals surface area contributed by atoms with Crippen molar-refractivity contribution in [1.82, 2.24) is 9.13 Å². The molecule has 0 atom stereocenters. The fraction of sp³-hybridized carbons (Fsp3) is 0.206. The Balaban J connectivity index is 1.20. The monoisotopic (exact) mass is 848 g/mol. The Morgan fingerprint density at radius 3 is 1.58 bits per heavy atom. The second-order valence-electron chi connectivity index (χ2n) is 22.9. The molecule has 0 saturated carbocycles. The van der Waals surface area contributed by atoms with Crippen molar-refractivity contribution < 1.29 is 0 Å². The van der Waals surface area contributed by atoms with Crippen molar-refractivity contribution >= 4 is 55.8 Å². The molecule has 5 heterocycles. The molecular formula is C63H53BN2. The number of aromatic nitrogens is 2. The third-order valence-electron chi connectivity index (χ3n) is 16.2. The molecule has 66 heavy (non-hydrogen) atoms. The van der Waals surface area contributed by atoms with E-state index in [2.05, 4.69) is 229 Å². The lowest BCUT2D eigenvalue weighted by Gasteiger charge is -2.44. The van der Waals surface area contributed by atoms with Crippen LogP contribution in [0.3, 0.4) is 0 Å². The van der Waals surface area contributed by atoms with E-state index in [1.165, 1.54) is 133 Å². The number of benzene rings is 8. The van der Waals surface area contributed by atoms with Crippen molar-refractivity contribution in [3.63, 3.8) is 0 Å². The zero-order valence-corrected chi connectivity index (χ0v) is 39.5. The van der Waals surface area contributed by atoms with E-state index in [1.807, 2.05) is 0 Å². The Labute approximate surface area is 388 Å². The summed E-state index contributed by atoms with van der Waals surface area (Å²) in [6.45, 7) is 21.1. The third-order valence-corrected chi connectivity index (χ3v) is 16.2. The first kappa shape index (κ1) is 38.4. The molecule has 1 spiro atoms. The number of rotatable bonds is 2. The molecule has 2 nitrogen and oxygen atoms in total. The summed E-state index contributed by atoms with van der Waals surface area (Å²) in [6.07, 6.45) is 0. The van der Waals surface area contributed by atoms with E-state index in [4.69, 9.17) is 0 Å². The van der Waals surface area contributed by atoms with Gasteiger partial charge >= 0.3 is 0 Å². The zero-order valence-electron chi connectivity index (χ0n) is 39.5. The lowest BCUT2D eigenvalue weighted by atomic mass is 9.33. The molecule has 3 aliphatic heterocycles. The van der Waals surface area contributed by atoms with Gasteiger partial charge < -0.3 is 9.13 Å². The van der Waals surface area contributed by atoms with Crippen molar-refractivity contribution in [2.24, 2.45) is 0 Å². The Kier molecular flexibility index (Phi) is 7.18. The first-order valence-electron chi connectivity index (χ1n) is 24.1. The number of fused-ring (bicyclic) bond motifs is 11. The van der Waals surface area contributed by atoms with Crippen LogP contribution in [0.1, 0.15) is 101 Å². The van der Waals surface area contributed by atoms with Crippen molar-refractivity contribution in [2.45, 2.75) is 84.0 Å². The van der Waals surface area contributed by atoms with E-state index < -0.39 is 5.41 Å². The van der Waals surface area contributed by atoms with Gasteiger partial charge in [0.15, 0.2) is 0 Å². The van der Waals surface area contributed by atoms with Crippen LogP contribution in [0.15, 0.2) is 158 Å². The summed E-state index contributed by atoms with van der Waals surface area (Å²) in [5.74, 6) is 0. The predicted molar refractivity (Wildman–Crippen MR) is 280 cm³/mol. The number of hydrogen-bond donors (Lipinski definition) is 0. The SMILES string of the molecule is CC(C)(C)c1ccc(-c2c(-c3ccc(C(C)(C)C)cc3)n3c4c(cc(C(C)(C)C)cc24)B2c4c-3ccc3c4-n4c5c2cccc5c2cccc(c24)C32c3ccccc3-c3ccccc32)cc1. The van der Waals surface area contributed by atoms with Gasteiger partial charge in [-0.25, -0.2) is 0 Å². The highest BCUT2D eigenvalue weighted by atomic mass is 15.1. The molecule has 14 rings (SSSR count). The molecule has 318 valence electrons. The van der Waals surface area contributed by atoms with Gasteiger partial charge in [-0.15, -0.1) is 0 Å². The largest absolute Gasteiger partial charge is 0.310 e. The third kappa shape index (κ3) is 4.59. The molecule has 10 aromatic rings. The highest BCUT2D eigenvalue weighted by molar-refractivity contribution is 7.00. The molecule has 2 aromatic heterocycles. The van der Waals surface area contributed by atoms with Crippen molar-refractivity contribution in [3.05, 3.63) is 197 Å². The van der Waals surface area contributed by atoms with Crippen molar-refractivity contribution in [3.8, 4) is 44.9 Å². The standard InChI is InChI=1S/C63H53BN2/c1-60(2,3)38-28-24-36(25-29-38)53-45-34-40(62(7,8)9)35-51-58(45)65(55(53)37-26-30-39(31-27-37)61(4,5)6)52-33-32-49-59-54(52)64(51)50-23-15-19-44-43-18-14-22-48(56(43)66(59)57(44)50)63(49)46-20-12-10-16-41(46)42-17-11-13-21-47(42)63/h10-35H,1-9H3.